The molecule has 20 heavy (non-hydrogen) atoms. The molecule has 1 aromatic carbocycles. The first-order valence-electron chi connectivity index (χ1n) is 6.76. The van der Waals surface area contributed by atoms with Crippen molar-refractivity contribution in [2.24, 2.45) is 5.92 Å². The highest BCUT2D eigenvalue weighted by molar-refractivity contribution is 7.91. The molecule has 4 nitrogen and oxygen atoms in total. The maximum absolute atomic E-state index is 11.5. The van der Waals surface area contributed by atoms with Gasteiger partial charge in [0.15, 0.2) is 9.84 Å². The van der Waals surface area contributed by atoms with Crippen LogP contribution in [0.3, 0.4) is 0 Å². The van der Waals surface area contributed by atoms with E-state index in [9.17, 15) is 13.5 Å². The van der Waals surface area contributed by atoms with Gasteiger partial charge in [-0.05, 0) is 24.1 Å². The normalized spacial score (nSPS) is 22.9. The standard InChI is InChI=1S/C15H17NO3S/c17-15(7-11-5-6-20(18,19)10-11)14-9-16-8-12-3-1-2-4-13(12)14/h1-4,8-9,11,15,17H,5-7,10H2. The Morgan fingerprint density at radius 3 is 2.85 bits per heavy atom. The number of aromatic nitrogens is 1. The molecule has 2 atom stereocenters. The molecule has 0 saturated carbocycles. The number of rotatable bonds is 3. The fraction of sp³-hybridized carbons (Fsp3) is 0.400. The van der Waals surface area contributed by atoms with Gasteiger partial charge in [-0.2, -0.15) is 0 Å². The van der Waals surface area contributed by atoms with Crippen molar-refractivity contribution >= 4 is 20.6 Å². The molecule has 0 amide bonds. The van der Waals surface area contributed by atoms with Gasteiger partial charge in [0.25, 0.3) is 0 Å². The van der Waals surface area contributed by atoms with Crippen LogP contribution in [0.15, 0.2) is 36.7 Å². The van der Waals surface area contributed by atoms with E-state index in [4.69, 9.17) is 0 Å². The van der Waals surface area contributed by atoms with Crippen LogP contribution in [-0.4, -0.2) is 30.0 Å². The van der Waals surface area contributed by atoms with Gasteiger partial charge in [-0.15, -0.1) is 0 Å². The number of nitrogens with zero attached hydrogens (tertiary/aromatic N) is 1. The molecular formula is C15H17NO3S. The first-order valence-corrected chi connectivity index (χ1v) is 8.58. The Morgan fingerprint density at radius 1 is 1.30 bits per heavy atom. The second-order valence-corrected chi connectivity index (χ2v) is 7.70. The highest BCUT2D eigenvalue weighted by atomic mass is 32.2. The van der Waals surface area contributed by atoms with Gasteiger partial charge < -0.3 is 5.11 Å². The second kappa shape index (κ2) is 5.14. The maximum atomic E-state index is 11.5. The molecule has 2 heterocycles. The number of hydrogen-bond donors (Lipinski definition) is 1. The molecule has 106 valence electrons. The molecule has 2 aromatic rings. The Bertz CT molecular complexity index is 721. The largest absolute Gasteiger partial charge is 0.388 e. The van der Waals surface area contributed by atoms with E-state index < -0.39 is 15.9 Å². The van der Waals surface area contributed by atoms with E-state index in [1.807, 2.05) is 24.3 Å². The predicted molar refractivity (Wildman–Crippen MR) is 78.1 cm³/mol. The monoisotopic (exact) mass is 291 g/mol. The fourth-order valence-corrected chi connectivity index (χ4v) is 4.79. The Balaban J connectivity index is 1.84. The summed E-state index contributed by atoms with van der Waals surface area (Å²) in [7, 11) is -2.89. The van der Waals surface area contributed by atoms with Crippen molar-refractivity contribution in [3.05, 3.63) is 42.2 Å². The molecule has 1 aromatic heterocycles. The SMILES string of the molecule is O=S1(=O)CCC(CC(O)c2cncc3ccccc23)C1. The van der Waals surface area contributed by atoms with Gasteiger partial charge in [0.1, 0.15) is 0 Å². The zero-order chi connectivity index (χ0) is 14.2. The van der Waals surface area contributed by atoms with E-state index in [-0.39, 0.29) is 17.4 Å². The Labute approximate surface area is 118 Å². The van der Waals surface area contributed by atoms with Crippen LogP contribution in [0.1, 0.15) is 24.5 Å². The first kappa shape index (κ1) is 13.5. The molecule has 2 unspecified atom stereocenters. The van der Waals surface area contributed by atoms with Crippen LogP contribution in [-0.2, 0) is 9.84 Å². The molecule has 0 aliphatic carbocycles. The molecule has 0 radical (unpaired) electrons. The number of pyridine rings is 1. The van der Waals surface area contributed by atoms with Crippen molar-refractivity contribution in [1.29, 1.82) is 0 Å². The summed E-state index contributed by atoms with van der Waals surface area (Å²) < 4.78 is 23.0. The second-order valence-electron chi connectivity index (χ2n) is 5.47. The molecule has 5 heteroatoms. The third-order valence-electron chi connectivity index (χ3n) is 3.94. The van der Waals surface area contributed by atoms with Crippen LogP contribution < -0.4 is 0 Å². The van der Waals surface area contributed by atoms with Crippen molar-refractivity contribution in [3.63, 3.8) is 0 Å². The van der Waals surface area contributed by atoms with Crippen molar-refractivity contribution in [2.75, 3.05) is 11.5 Å². The molecular weight excluding hydrogens is 274 g/mol. The van der Waals surface area contributed by atoms with E-state index in [0.717, 1.165) is 16.3 Å². The lowest BCUT2D eigenvalue weighted by atomic mass is 9.94. The van der Waals surface area contributed by atoms with E-state index in [2.05, 4.69) is 4.98 Å². The van der Waals surface area contributed by atoms with Crippen molar-refractivity contribution < 1.29 is 13.5 Å². The number of fused-ring (bicyclic) bond motifs is 1. The summed E-state index contributed by atoms with van der Waals surface area (Å²) in [6, 6.07) is 7.78. The summed E-state index contributed by atoms with van der Waals surface area (Å²) in [6.07, 6.45) is 3.92. The minimum atomic E-state index is -2.89. The Kier molecular flexibility index (Phi) is 3.48. The summed E-state index contributed by atoms with van der Waals surface area (Å²) in [4.78, 5) is 4.16. The van der Waals surface area contributed by atoms with Crippen LogP contribution in [0.5, 0.6) is 0 Å². The number of aliphatic hydroxyl groups is 1. The van der Waals surface area contributed by atoms with E-state index in [1.54, 1.807) is 12.4 Å². The van der Waals surface area contributed by atoms with E-state index in [1.165, 1.54) is 0 Å². The average molecular weight is 291 g/mol. The van der Waals surface area contributed by atoms with Gasteiger partial charge in [0.05, 0.1) is 17.6 Å². The lowest BCUT2D eigenvalue weighted by Crippen LogP contribution is -2.10. The van der Waals surface area contributed by atoms with Crippen LogP contribution in [0.4, 0.5) is 0 Å². The van der Waals surface area contributed by atoms with Crippen LogP contribution in [0, 0.1) is 5.92 Å². The lowest BCUT2D eigenvalue weighted by Gasteiger charge is -2.16. The van der Waals surface area contributed by atoms with Crippen LogP contribution in [0.25, 0.3) is 10.8 Å². The highest BCUT2D eigenvalue weighted by Crippen LogP contribution is 2.31. The summed E-state index contributed by atoms with van der Waals surface area (Å²) in [5, 5.41) is 12.4. The molecule has 1 saturated heterocycles. The molecule has 1 fully saturated rings. The van der Waals surface area contributed by atoms with Crippen molar-refractivity contribution in [3.8, 4) is 0 Å². The van der Waals surface area contributed by atoms with Gasteiger partial charge in [0, 0.05) is 23.3 Å². The Hall–Kier alpha value is -1.46. The number of hydrogen-bond acceptors (Lipinski definition) is 4. The number of aliphatic hydroxyl groups excluding tert-OH is 1. The fourth-order valence-electron chi connectivity index (χ4n) is 2.91. The van der Waals surface area contributed by atoms with Gasteiger partial charge in [-0.1, -0.05) is 24.3 Å². The van der Waals surface area contributed by atoms with Crippen molar-refractivity contribution in [1.82, 2.24) is 4.98 Å². The average Bonchev–Trinajstić information content (AvgIpc) is 2.77. The van der Waals surface area contributed by atoms with Crippen LogP contribution in [0.2, 0.25) is 0 Å². The molecule has 1 N–H and O–H groups in total. The van der Waals surface area contributed by atoms with Gasteiger partial charge in [-0.25, -0.2) is 8.42 Å². The third kappa shape index (κ3) is 2.69. The van der Waals surface area contributed by atoms with Crippen molar-refractivity contribution in [2.45, 2.75) is 18.9 Å². The van der Waals surface area contributed by atoms with Gasteiger partial charge >= 0.3 is 0 Å². The lowest BCUT2D eigenvalue weighted by molar-refractivity contribution is 0.150. The minimum Gasteiger partial charge on any atom is -0.388 e. The smallest absolute Gasteiger partial charge is 0.150 e. The molecule has 1 aliphatic heterocycles. The summed E-state index contributed by atoms with van der Waals surface area (Å²) >= 11 is 0. The van der Waals surface area contributed by atoms with Gasteiger partial charge in [0.2, 0.25) is 0 Å². The zero-order valence-corrected chi connectivity index (χ0v) is 11.9. The zero-order valence-electron chi connectivity index (χ0n) is 11.1. The number of benzene rings is 1. The highest BCUT2D eigenvalue weighted by Gasteiger charge is 2.30. The minimum absolute atomic E-state index is 0.0500. The molecule has 0 bridgehead atoms. The molecule has 0 spiro atoms. The maximum Gasteiger partial charge on any atom is 0.150 e. The van der Waals surface area contributed by atoms with Gasteiger partial charge in [-0.3, -0.25) is 4.98 Å². The molecule has 3 rings (SSSR count). The quantitative estimate of drug-likeness (QED) is 0.940. The number of sulfone groups is 1. The van der Waals surface area contributed by atoms with E-state index in [0.29, 0.717) is 12.8 Å². The Morgan fingerprint density at radius 2 is 2.10 bits per heavy atom. The predicted octanol–water partition coefficient (Wildman–Crippen LogP) is 2.09. The summed E-state index contributed by atoms with van der Waals surface area (Å²) in [5.74, 6) is 0.495. The summed E-state index contributed by atoms with van der Waals surface area (Å²) in [6.45, 7) is 0. The third-order valence-corrected chi connectivity index (χ3v) is 5.78. The summed E-state index contributed by atoms with van der Waals surface area (Å²) in [5.41, 5.74) is 0.785. The first-order chi connectivity index (χ1) is 9.55. The van der Waals surface area contributed by atoms with Crippen LogP contribution >= 0.6 is 0 Å². The topological polar surface area (TPSA) is 67.3 Å². The van der Waals surface area contributed by atoms with E-state index >= 15 is 0 Å². The molecule has 1 aliphatic rings.